The predicted octanol–water partition coefficient (Wildman–Crippen LogP) is 2.99. The Labute approximate surface area is 152 Å². The molecule has 1 heterocycles. The standard InChI is InChI=1S/C15H15F3N2O4S2/c1-26(22,23)19-8-7-12-5-6-13(25-12)14(21)20-10-3-2-4-11(9-10)24-15(16,17)18/h2-6,9,19H,7-8H2,1H3,(H,20,21). The molecule has 0 saturated carbocycles. The third-order valence-corrected chi connectivity index (χ3v) is 4.82. The fourth-order valence-corrected chi connectivity index (χ4v) is 3.33. The minimum Gasteiger partial charge on any atom is -0.406 e. The number of nitrogens with one attached hydrogen (secondary N) is 2. The fraction of sp³-hybridized carbons (Fsp3) is 0.267. The van der Waals surface area contributed by atoms with Gasteiger partial charge in [0.05, 0.1) is 11.1 Å². The van der Waals surface area contributed by atoms with Crippen molar-refractivity contribution in [3.8, 4) is 5.75 Å². The monoisotopic (exact) mass is 408 g/mol. The van der Waals surface area contributed by atoms with Crippen LogP contribution in [0.1, 0.15) is 14.5 Å². The van der Waals surface area contributed by atoms with Crippen molar-refractivity contribution in [2.75, 3.05) is 18.1 Å². The smallest absolute Gasteiger partial charge is 0.406 e. The number of amides is 1. The lowest BCUT2D eigenvalue weighted by molar-refractivity contribution is -0.274. The molecule has 2 rings (SSSR count). The SMILES string of the molecule is CS(=O)(=O)NCCc1ccc(C(=O)Nc2cccc(OC(F)(F)F)c2)s1. The Hall–Kier alpha value is -2.11. The summed E-state index contributed by atoms with van der Waals surface area (Å²) in [5.74, 6) is -0.921. The maximum atomic E-state index is 12.2. The van der Waals surface area contributed by atoms with Crippen LogP contribution < -0.4 is 14.8 Å². The average molecular weight is 408 g/mol. The van der Waals surface area contributed by atoms with Crippen LogP contribution in [0, 0.1) is 0 Å². The number of halogens is 3. The fourth-order valence-electron chi connectivity index (χ4n) is 1.96. The predicted molar refractivity (Wildman–Crippen MR) is 91.9 cm³/mol. The van der Waals surface area contributed by atoms with Crippen LogP contribution in [0.4, 0.5) is 18.9 Å². The molecule has 6 nitrogen and oxygen atoms in total. The highest BCUT2D eigenvalue weighted by molar-refractivity contribution is 7.88. The Morgan fingerprint density at radius 3 is 2.62 bits per heavy atom. The summed E-state index contributed by atoms with van der Waals surface area (Å²) in [6.07, 6.45) is -3.35. The van der Waals surface area contributed by atoms with E-state index in [4.69, 9.17) is 0 Å². The molecule has 1 aromatic heterocycles. The molecule has 11 heteroatoms. The average Bonchev–Trinajstić information content (AvgIpc) is 2.93. The van der Waals surface area contributed by atoms with Crippen LogP contribution in [0.2, 0.25) is 0 Å². The summed E-state index contributed by atoms with van der Waals surface area (Å²) in [6.45, 7) is 0.206. The van der Waals surface area contributed by atoms with E-state index in [-0.39, 0.29) is 12.2 Å². The quantitative estimate of drug-likeness (QED) is 0.738. The normalized spacial score (nSPS) is 12.0. The van der Waals surface area contributed by atoms with Crippen molar-refractivity contribution in [1.29, 1.82) is 0 Å². The maximum absolute atomic E-state index is 12.2. The Morgan fingerprint density at radius 2 is 1.96 bits per heavy atom. The van der Waals surface area contributed by atoms with E-state index in [2.05, 4.69) is 14.8 Å². The minimum atomic E-state index is -4.81. The van der Waals surface area contributed by atoms with E-state index >= 15 is 0 Å². The van der Waals surface area contributed by atoms with Crippen LogP contribution in [0.15, 0.2) is 36.4 Å². The van der Waals surface area contributed by atoms with E-state index in [1.165, 1.54) is 23.5 Å². The Kier molecular flexibility index (Phi) is 6.26. The summed E-state index contributed by atoms with van der Waals surface area (Å²) in [5, 5.41) is 2.49. The van der Waals surface area contributed by atoms with Gasteiger partial charge >= 0.3 is 6.36 Å². The molecular formula is C15H15F3N2O4S2. The van der Waals surface area contributed by atoms with Crippen molar-refractivity contribution in [1.82, 2.24) is 4.72 Å². The van der Waals surface area contributed by atoms with Crippen molar-refractivity contribution in [2.24, 2.45) is 0 Å². The molecule has 0 saturated heterocycles. The molecule has 2 N–H and O–H groups in total. The summed E-state index contributed by atoms with van der Waals surface area (Å²) >= 11 is 1.17. The van der Waals surface area contributed by atoms with Crippen LogP contribution >= 0.6 is 11.3 Å². The van der Waals surface area contributed by atoms with Crippen molar-refractivity contribution in [3.63, 3.8) is 0 Å². The second-order valence-electron chi connectivity index (χ2n) is 5.21. The number of anilines is 1. The summed E-state index contributed by atoms with van der Waals surface area (Å²) in [7, 11) is -3.28. The Balaban J connectivity index is 1.97. The number of carbonyl (C=O) groups excluding carboxylic acids is 1. The molecule has 0 fully saturated rings. The topological polar surface area (TPSA) is 84.5 Å². The molecule has 0 bridgehead atoms. The second kappa shape index (κ2) is 8.06. The van der Waals surface area contributed by atoms with Gasteiger partial charge < -0.3 is 10.1 Å². The van der Waals surface area contributed by atoms with Gasteiger partial charge in [0.25, 0.3) is 5.91 Å². The maximum Gasteiger partial charge on any atom is 0.573 e. The summed E-state index contributed by atoms with van der Waals surface area (Å²) in [6, 6.07) is 8.20. The minimum absolute atomic E-state index is 0.158. The number of benzene rings is 1. The van der Waals surface area contributed by atoms with E-state index in [1.807, 2.05) is 0 Å². The van der Waals surface area contributed by atoms with Crippen LogP contribution in [0.25, 0.3) is 0 Å². The van der Waals surface area contributed by atoms with Gasteiger partial charge in [-0.1, -0.05) is 6.07 Å². The summed E-state index contributed by atoms with van der Waals surface area (Å²) < 4.78 is 64.8. The second-order valence-corrected chi connectivity index (χ2v) is 8.21. The lowest BCUT2D eigenvalue weighted by Gasteiger charge is -2.10. The molecule has 1 amide bonds. The number of alkyl halides is 3. The summed E-state index contributed by atoms with van der Waals surface area (Å²) in [4.78, 5) is 13.3. The molecule has 26 heavy (non-hydrogen) atoms. The number of hydrogen-bond donors (Lipinski definition) is 2. The highest BCUT2D eigenvalue weighted by Crippen LogP contribution is 2.26. The molecule has 142 valence electrons. The van der Waals surface area contributed by atoms with E-state index in [1.54, 1.807) is 12.1 Å². The molecular weight excluding hydrogens is 393 g/mol. The number of sulfonamides is 1. The van der Waals surface area contributed by atoms with Crippen molar-refractivity contribution < 1.29 is 31.1 Å². The lowest BCUT2D eigenvalue weighted by Crippen LogP contribution is -2.24. The Morgan fingerprint density at radius 1 is 1.23 bits per heavy atom. The number of thiophene rings is 1. The number of ether oxygens (including phenoxy) is 1. The van der Waals surface area contributed by atoms with Gasteiger partial charge in [0.2, 0.25) is 10.0 Å². The zero-order valence-electron chi connectivity index (χ0n) is 13.5. The molecule has 0 aliphatic heterocycles. The molecule has 0 aliphatic carbocycles. The molecule has 0 spiro atoms. The largest absolute Gasteiger partial charge is 0.573 e. The molecule has 0 aliphatic rings. The van der Waals surface area contributed by atoms with Crippen molar-refractivity contribution >= 4 is 33.0 Å². The molecule has 2 aromatic rings. The summed E-state index contributed by atoms with van der Waals surface area (Å²) in [5.41, 5.74) is 0.158. The number of carbonyl (C=O) groups is 1. The van der Waals surface area contributed by atoms with E-state index in [0.717, 1.165) is 23.3 Å². The van der Waals surface area contributed by atoms with Crippen LogP contribution in [0.3, 0.4) is 0 Å². The molecule has 0 radical (unpaired) electrons. The van der Waals surface area contributed by atoms with Gasteiger partial charge in [-0.15, -0.1) is 24.5 Å². The van der Waals surface area contributed by atoms with Crippen molar-refractivity contribution in [3.05, 3.63) is 46.2 Å². The van der Waals surface area contributed by atoms with Gasteiger partial charge in [-0.2, -0.15) is 0 Å². The van der Waals surface area contributed by atoms with Gasteiger partial charge in [0.1, 0.15) is 5.75 Å². The highest BCUT2D eigenvalue weighted by Gasteiger charge is 2.31. The first-order valence-electron chi connectivity index (χ1n) is 7.22. The van der Waals surface area contributed by atoms with Gasteiger partial charge in [0.15, 0.2) is 0 Å². The zero-order chi connectivity index (χ0) is 19.4. The van der Waals surface area contributed by atoms with Gasteiger partial charge in [0, 0.05) is 23.2 Å². The first-order valence-corrected chi connectivity index (χ1v) is 9.93. The van der Waals surface area contributed by atoms with Gasteiger partial charge in [-0.25, -0.2) is 13.1 Å². The number of rotatable bonds is 7. The van der Waals surface area contributed by atoms with Crippen LogP contribution in [-0.2, 0) is 16.4 Å². The zero-order valence-corrected chi connectivity index (χ0v) is 15.1. The first kappa shape index (κ1) is 20.2. The Bertz CT molecular complexity index is 879. The molecule has 0 atom stereocenters. The van der Waals surface area contributed by atoms with E-state index < -0.39 is 28.0 Å². The van der Waals surface area contributed by atoms with Crippen LogP contribution in [0.5, 0.6) is 5.75 Å². The highest BCUT2D eigenvalue weighted by atomic mass is 32.2. The van der Waals surface area contributed by atoms with Gasteiger partial charge in [-0.05, 0) is 30.7 Å². The lowest BCUT2D eigenvalue weighted by atomic mass is 10.3. The van der Waals surface area contributed by atoms with E-state index in [0.29, 0.717) is 11.3 Å². The van der Waals surface area contributed by atoms with E-state index in [9.17, 15) is 26.4 Å². The number of hydrogen-bond acceptors (Lipinski definition) is 5. The van der Waals surface area contributed by atoms with Gasteiger partial charge in [-0.3, -0.25) is 4.79 Å². The molecule has 1 aromatic carbocycles. The third kappa shape index (κ3) is 7.02. The van der Waals surface area contributed by atoms with Crippen molar-refractivity contribution in [2.45, 2.75) is 12.8 Å². The third-order valence-electron chi connectivity index (χ3n) is 2.95. The van der Waals surface area contributed by atoms with Crippen LogP contribution in [-0.4, -0.2) is 33.5 Å². The molecule has 0 unspecified atom stereocenters. The first-order chi connectivity index (χ1) is 12.0.